The van der Waals surface area contributed by atoms with Gasteiger partial charge in [-0.1, -0.05) is 140 Å². The van der Waals surface area contributed by atoms with Crippen LogP contribution in [0.5, 0.6) is 0 Å². The molecular weight excluding hydrogens is 534 g/mol. The average Bonchev–Trinajstić information content (AvgIpc) is 3.11. The fourth-order valence-electron chi connectivity index (χ4n) is 6.04. The van der Waals surface area contributed by atoms with Gasteiger partial charge in [0.15, 0.2) is 5.82 Å². The molecule has 0 aliphatic rings. The van der Waals surface area contributed by atoms with Crippen LogP contribution in [0, 0.1) is 0 Å². The van der Waals surface area contributed by atoms with Gasteiger partial charge in [-0.25, -0.2) is 9.97 Å². The number of rotatable bonds is 5. The van der Waals surface area contributed by atoms with Crippen molar-refractivity contribution in [2.45, 2.75) is 0 Å². The second kappa shape index (κ2) is 11.0. The molecule has 0 unspecified atom stereocenters. The molecule has 0 bridgehead atoms. The van der Waals surface area contributed by atoms with Gasteiger partial charge in [-0.15, -0.1) is 0 Å². The molecule has 6 aromatic carbocycles. The Balaban J connectivity index is 1.24. The van der Waals surface area contributed by atoms with E-state index >= 15 is 0 Å². The summed E-state index contributed by atoms with van der Waals surface area (Å²) in [6, 6.07) is 53.0. The van der Waals surface area contributed by atoms with Crippen molar-refractivity contribution in [2.75, 3.05) is 0 Å². The first kappa shape index (κ1) is 25.8. The zero-order chi connectivity index (χ0) is 29.3. The van der Waals surface area contributed by atoms with Crippen molar-refractivity contribution in [1.29, 1.82) is 0 Å². The van der Waals surface area contributed by atoms with Crippen molar-refractivity contribution < 1.29 is 0 Å². The van der Waals surface area contributed by atoms with Crippen LogP contribution >= 0.6 is 0 Å². The minimum atomic E-state index is 0.721. The molecule has 8 aromatic rings. The molecule has 0 spiro atoms. The zero-order valence-corrected chi connectivity index (χ0v) is 23.9. The van der Waals surface area contributed by atoms with E-state index in [1.807, 2.05) is 36.7 Å². The molecule has 2 heterocycles. The van der Waals surface area contributed by atoms with Crippen molar-refractivity contribution in [3.63, 3.8) is 0 Å². The summed E-state index contributed by atoms with van der Waals surface area (Å²) in [7, 11) is 0. The molecule has 0 N–H and O–H groups in total. The van der Waals surface area contributed by atoms with Gasteiger partial charge in [0.25, 0.3) is 0 Å². The van der Waals surface area contributed by atoms with Crippen LogP contribution in [0.3, 0.4) is 0 Å². The Morgan fingerprint density at radius 1 is 0.364 bits per heavy atom. The van der Waals surface area contributed by atoms with Crippen molar-refractivity contribution in [3.8, 4) is 56.2 Å². The third-order valence-electron chi connectivity index (χ3n) is 8.21. The van der Waals surface area contributed by atoms with Crippen molar-refractivity contribution in [3.05, 3.63) is 164 Å². The third kappa shape index (κ3) is 4.71. The number of pyridine rings is 1. The smallest absolute Gasteiger partial charge is 0.161 e. The van der Waals surface area contributed by atoms with Gasteiger partial charge in [0.1, 0.15) is 0 Å². The maximum atomic E-state index is 5.13. The van der Waals surface area contributed by atoms with Crippen LogP contribution in [0.1, 0.15) is 0 Å². The molecule has 44 heavy (non-hydrogen) atoms. The number of nitrogens with zero attached hydrogens (tertiary/aromatic N) is 3. The lowest BCUT2D eigenvalue weighted by molar-refractivity contribution is 1.19. The summed E-state index contributed by atoms with van der Waals surface area (Å²) in [5, 5.41) is 4.74. The van der Waals surface area contributed by atoms with Gasteiger partial charge in [-0.2, -0.15) is 0 Å². The van der Waals surface area contributed by atoms with Crippen molar-refractivity contribution in [1.82, 2.24) is 15.0 Å². The van der Waals surface area contributed by atoms with Crippen LogP contribution in [-0.4, -0.2) is 15.0 Å². The molecule has 0 amide bonds. The SMILES string of the molecule is c1ccc(-c2cc(-c3ccc(-c4ccc(-c5cccnc5)c5ccccc45)cc3)nc(-c3cccc4ccccc34)n2)cc1. The molecule has 3 heteroatoms. The predicted molar refractivity (Wildman–Crippen MR) is 182 cm³/mol. The van der Waals surface area contributed by atoms with Crippen LogP contribution < -0.4 is 0 Å². The molecule has 8 rings (SSSR count). The predicted octanol–water partition coefficient (Wildman–Crippen LogP) is 10.5. The highest BCUT2D eigenvalue weighted by Crippen LogP contribution is 2.37. The number of hydrogen-bond acceptors (Lipinski definition) is 3. The molecule has 0 aliphatic carbocycles. The summed E-state index contributed by atoms with van der Waals surface area (Å²) >= 11 is 0. The lowest BCUT2D eigenvalue weighted by Crippen LogP contribution is -1.96. The van der Waals surface area contributed by atoms with Gasteiger partial charge >= 0.3 is 0 Å². The van der Waals surface area contributed by atoms with Crippen LogP contribution in [0.25, 0.3) is 77.7 Å². The molecule has 0 saturated heterocycles. The van der Waals surface area contributed by atoms with E-state index in [1.54, 1.807) is 0 Å². The van der Waals surface area contributed by atoms with Crippen LogP contribution in [0.4, 0.5) is 0 Å². The Morgan fingerprint density at radius 2 is 0.932 bits per heavy atom. The molecule has 0 atom stereocenters. The van der Waals surface area contributed by atoms with Crippen molar-refractivity contribution >= 4 is 21.5 Å². The lowest BCUT2D eigenvalue weighted by atomic mass is 9.92. The number of aromatic nitrogens is 3. The van der Waals surface area contributed by atoms with Gasteiger partial charge in [0.05, 0.1) is 11.4 Å². The maximum Gasteiger partial charge on any atom is 0.161 e. The average molecular weight is 562 g/mol. The summed E-state index contributed by atoms with van der Waals surface area (Å²) in [6.45, 7) is 0. The van der Waals surface area contributed by atoms with E-state index in [9.17, 15) is 0 Å². The molecule has 3 nitrogen and oxygen atoms in total. The third-order valence-corrected chi connectivity index (χ3v) is 8.21. The Kier molecular flexibility index (Phi) is 6.47. The minimum absolute atomic E-state index is 0.721. The summed E-state index contributed by atoms with van der Waals surface area (Å²) in [6.07, 6.45) is 3.74. The highest BCUT2D eigenvalue weighted by Gasteiger charge is 2.14. The second-order valence-corrected chi connectivity index (χ2v) is 10.9. The molecular formula is C41H27N3. The lowest BCUT2D eigenvalue weighted by Gasteiger charge is -2.13. The summed E-state index contributed by atoms with van der Waals surface area (Å²) in [5.74, 6) is 0.721. The van der Waals surface area contributed by atoms with E-state index in [0.29, 0.717) is 0 Å². The first-order chi connectivity index (χ1) is 21.8. The Bertz CT molecular complexity index is 2250. The Hall–Kier alpha value is -5.93. The highest BCUT2D eigenvalue weighted by molar-refractivity contribution is 6.05. The molecule has 0 radical (unpaired) electrons. The largest absolute Gasteiger partial charge is 0.264 e. The quantitative estimate of drug-likeness (QED) is 0.210. The van der Waals surface area contributed by atoms with E-state index in [4.69, 9.17) is 9.97 Å². The molecule has 2 aromatic heterocycles. The fraction of sp³-hybridized carbons (Fsp3) is 0. The Labute approximate surface area is 256 Å². The van der Waals surface area contributed by atoms with Gasteiger partial charge in [0, 0.05) is 34.6 Å². The summed E-state index contributed by atoms with van der Waals surface area (Å²) < 4.78 is 0. The van der Waals surface area contributed by atoms with E-state index in [2.05, 4.69) is 132 Å². The van der Waals surface area contributed by atoms with Gasteiger partial charge in [-0.05, 0) is 50.4 Å². The zero-order valence-electron chi connectivity index (χ0n) is 23.9. The number of benzene rings is 6. The van der Waals surface area contributed by atoms with Gasteiger partial charge in [0.2, 0.25) is 0 Å². The fourth-order valence-corrected chi connectivity index (χ4v) is 6.04. The second-order valence-electron chi connectivity index (χ2n) is 10.9. The normalized spacial score (nSPS) is 11.2. The van der Waals surface area contributed by atoms with E-state index in [1.165, 1.54) is 27.3 Å². The molecule has 0 aliphatic heterocycles. The monoisotopic (exact) mass is 561 g/mol. The van der Waals surface area contributed by atoms with E-state index < -0.39 is 0 Å². The standard InChI is InChI=1S/C41H27N3/c1-2-11-30(12-3-1)39-26-40(44-41(43-39)38-18-8-13-28-10-4-5-15-33(28)38)31-21-19-29(20-22-31)34-23-24-35(32-14-9-25-42-27-32)37-17-7-6-16-36(34)37/h1-27H. The van der Waals surface area contributed by atoms with E-state index in [0.717, 1.165) is 50.4 Å². The molecule has 0 saturated carbocycles. The minimum Gasteiger partial charge on any atom is -0.264 e. The number of hydrogen-bond donors (Lipinski definition) is 0. The maximum absolute atomic E-state index is 5.13. The first-order valence-electron chi connectivity index (χ1n) is 14.8. The van der Waals surface area contributed by atoms with Crippen LogP contribution in [-0.2, 0) is 0 Å². The van der Waals surface area contributed by atoms with Crippen LogP contribution in [0.15, 0.2) is 164 Å². The molecule has 206 valence electrons. The molecule has 0 fully saturated rings. The Morgan fingerprint density at radius 3 is 1.64 bits per heavy atom. The highest BCUT2D eigenvalue weighted by atomic mass is 14.9. The van der Waals surface area contributed by atoms with Gasteiger partial charge in [-0.3, -0.25) is 4.98 Å². The van der Waals surface area contributed by atoms with Gasteiger partial charge < -0.3 is 0 Å². The van der Waals surface area contributed by atoms with Crippen LogP contribution in [0.2, 0.25) is 0 Å². The summed E-state index contributed by atoms with van der Waals surface area (Å²) in [4.78, 5) is 14.5. The first-order valence-corrected chi connectivity index (χ1v) is 14.8. The van der Waals surface area contributed by atoms with Crippen molar-refractivity contribution in [2.24, 2.45) is 0 Å². The number of fused-ring (bicyclic) bond motifs is 2. The topological polar surface area (TPSA) is 38.7 Å². The van der Waals surface area contributed by atoms with E-state index in [-0.39, 0.29) is 0 Å². The summed E-state index contributed by atoms with van der Waals surface area (Å²) in [5.41, 5.74) is 9.59.